The molecule has 0 heterocycles. The molecule has 0 saturated carbocycles. The molecule has 0 atom stereocenters. The van der Waals surface area contributed by atoms with Crippen LogP contribution in [0.4, 0.5) is 0 Å². The van der Waals surface area contributed by atoms with Crippen LogP contribution in [-0.2, 0) is 0 Å². The highest BCUT2D eigenvalue weighted by Gasteiger charge is 1.76. The van der Waals surface area contributed by atoms with Gasteiger partial charge in [0.25, 0.3) is 0 Å². The number of nitrogens with zero attached hydrogens (tertiary/aromatic N) is 1. The van der Waals surface area contributed by atoms with Gasteiger partial charge in [0.1, 0.15) is 0 Å². The molecule has 0 aliphatic carbocycles. The molecule has 0 aliphatic heterocycles. The summed E-state index contributed by atoms with van der Waals surface area (Å²) < 4.78 is 0. The van der Waals surface area contributed by atoms with Crippen molar-refractivity contribution in [3.05, 3.63) is 0 Å². The van der Waals surface area contributed by atoms with E-state index in [9.17, 15) is 0 Å². The standard InChI is InChI=1S/C4H12N4/c5-3-7-1-2-8-4-6/h3,8H,1-2,4,6H2,(H2,5,7). The second kappa shape index (κ2) is 6.39. The zero-order chi connectivity index (χ0) is 6.24. The molecule has 0 unspecified atom stereocenters. The van der Waals surface area contributed by atoms with E-state index >= 15 is 0 Å². The topological polar surface area (TPSA) is 76.4 Å². The lowest BCUT2D eigenvalue weighted by molar-refractivity contribution is 0.710. The summed E-state index contributed by atoms with van der Waals surface area (Å²) in [5.41, 5.74) is 10.1. The van der Waals surface area contributed by atoms with E-state index < -0.39 is 0 Å². The van der Waals surface area contributed by atoms with Crippen molar-refractivity contribution in [1.29, 1.82) is 0 Å². The molecule has 0 radical (unpaired) electrons. The molecule has 5 N–H and O–H groups in total. The lowest BCUT2D eigenvalue weighted by Gasteiger charge is -1.93. The van der Waals surface area contributed by atoms with E-state index in [1.165, 1.54) is 6.34 Å². The zero-order valence-corrected chi connectivity index (χ0v) is 4.80. The van der Waals surface area contributed by atoms with Gasteiger partial charge in [0.05, 0.1) is 12.9 Å². The number of nitrogens with two attached hydrogens (primary N) is 2. The molecule has 0 aliphatic rings. The van der Waals surface area contributed by atoms with Crippen LogP contribution in [0.5, 0.6) is 0 Å². The van der Waals surface area contributed by atoms with Gasteiger partial charge in [-0.05, 0) is 0 Å². The molecule has 48 valence electrons. The van der Waals surface area contributed by atoms with Crippen molar-refractivity contribution in [3.63, 3.8) is 0 Å². The fourth-order valence-electron chi connectivity index (χ4n) is 0.320. The van der Waals surface area contributed by atoms with Crippen LogP contribution in [0, 0.1) is 0 Å². The predicted molar refractivity (Wildman–Crippen MR) is 34.6 cm³/mol. The Morgan fingerprint density at radius 3 is 2.88 bits per heavy atom. The summed E-state index contributed by atoms with van der Waals surface area (Å²) in [4.78, 5) is 3.74. The Hall–Kier alpha value is -0.610. The highest BCUT2D eigenvalue weighted by atomic mass is 15.0. The molecule has 0 aromatic heterocycles. The fourth-order valence-corrected chi connectivity index (χ4v) is 0.320. The van der Waals surface area contributed by atoms with Crippen LogP contribution in [0.15, 0.2) is 4.99 Å². The minimum atomic E-state index is 0.500. The van der Waals surface area contributed by atoms with Crippen LogP contribution in [0.1, 0.15) is 0 Å². The van der Waals surface area contributed by atoms with Crippen LogP contribution in [0.3, 0.4) is 0 Å². The third-order valence-corrected chi connectivity index (χ3v) is 0.667. The van der Waals surface area contributed by atoms with E-state index in [0.29, 0.717) is 13.2 Å². The summed E-state index contributed by atoms with van der Waals surface area (Å²) in [7, 11) is 0. The van der Waals surface area contributed by atoms with Gasteiger partial charge in [0.2, 0.25) is 0 Å². The van der Waals surface area contributed by atoms with Crippen LogP contribution in [0.25, 0.3) is 0 Å². The van der Waals surface area contributed by atoms with Gasteiger partial charge in [-0.15, -0.1) is 0 Å². The highest BCUT2D eigenvalue weighted by molar-refractivity contribution is 5.50. The van der Waals surface area contributed by atoms with Gasteiger partial charge >= 0.3 is 0 Å². The maximum absolute atomic E-state index is 5.12. The fraction of sp³-hybridized carbons (Fsp3) is 0.750. The van der Waals surface area contributed by atoms with Crippen molar-refractivity contribution in [1.82, 2.24) is 5.32 Å². The minimum Gasteiger partial charge on any atom is -0.390 e. The molecule has 0 amide bonds. The first-order valence-electron chi connectivity index (χ1n) is 2.52. The summed E-state index contributed by atoms with van der Waals surface area (Å²) in [6, 6.07) is 0. The predicted octanol–water partition coefficient (Wildman–Crippen LogP) is -1.52. The number of rotatable bonds is 4. The first-order valence-corrected chi connectivity index (χ1v) is 2.52. The average Bonchev–Trinajstić information content (AvgIpc) is 1.81. The van der Waals surface area contributed by atoms with E-state index in [0.717, 1.165) is 6.54 Å². The Labute approximate surface area is 49.0 Å². The maximum atomic E-state index is 5.12. The Bertz CT molecular complexity index is 61.1. The molecule has 4 heteroatoms. The second-order valence-electron chi connectivity index (χ2n) is 1.26. The third-order valence-electron chi connectivity index (χ3n) is 0.667. The summed E-state index contributed by atoms with van der Waals surface area (Å²) in [5, 5.41) is 2.89. The van der Waals surface area contributed by atoms with Gasteiger partial charge in [-0.2, -0.15) is 0 Å². The highest BCUT2D eigenvalue weighted by Crippen LogP contribution is 1.59. The normalized spacial score (nSPS) is 10.6. The van der Waals surface area contributed by atoms with Gasteiger partial charge < -0.3 is 16.8 Å². The second-order valence-corrected chi connectivity index (χ2v) is 1.26. The van der Waals surface area contributed by atoms with Gasteiger partial charge in [-0.25, -0.2) is 0 Å². The molecule has 0 saturated heterocycles. The van der Waals surface area contributed by atoms with Crippen LogP contribution >= 0.6 is 0 Å². The lowest BCUT2D eigenvalue weighted by atomic mass is 10.6. The Morgan fingerprint density at radius 1 is 1.62 bits per heavy atom. The first kappa shape index (κ1) is 7.39. The van der Waals surface area contributed by atoms with Crippen molar-refractivity contribution in [2.24, 2.45) is 16.5 Å². The molecule has 4 nitrogen and oxygen atoms in total. The number of hydrogen-bond acceptors (Lipinski definition) is 3. The van der Waals surface area contributed by atoms with Gasteiger partial charge in [0, 0.05) is 13.2 Å². The summed E-state index contributed by atoms with van der Waals surface area (Å²) >= 11 is 0. The van der Waals surface area contributed by atoms with E-state index in [2.05, 4.69) is 10.3 Å². The van der Waals surface area contributed by atoms with Crippen LogP contribution in [0.2, 0.25) is 0 Å². The Morgan fingerprint density at radius 2 is 2.38 bits per heavy atom. The molecule has 0 bridgehead atoms. The smallest absolute Gasteiger partial charge is 0.0798 e. The first-order chi connectivity index (χ1) is 3.91. The average molecular weight is 116 g/mol. The van der Waals surface area contributed by atoms with Gasteiger partial charge in [0.15, 0.2) is 0 Å². The van der Waals surface area contributed by atoms with Gasteiger partial charge in [-0.3, -0.25) is 4.99 Å². The number of aliphatic imine (C=N–C) groups is 1. The number of hydrogen-bond donors (Lipinski definition) is 3. The largest absolute Gasteiger partial charge is 0.390 e. The number of nitrogens with one attached hydrogen (secondary N) is 1. The monoisotopic (exact) mass is 116 g/mol. The Kier molecular flexibility index (Phi) is 5.90. The molecule has 0 aromatic carbocycles. The lowest BCUT2D eigenvalue weighted by Crippen LogP contribution is -2.24. The van der Waals surface area contributed by atoms with Crippen LogP contribution < -0.4 is 16.8 Å². The molecule has 0 fully saturated rings. The molecular formula is C4H12N4. The molecular weight excluding hydrogens is 104 g/mol. The van der Waals surface area contributed by atoms with Crippen molar-refractivity contribution < 1.29 is 0 Å². The maximum Gasteiger partial charge on any atom is 0.0798 e. The summed E-state index contributed by atoms with van der Waals surface area (Å²) in [6.45, 7) is 2.00. The summed E-state index contributed by atoms with van der Waals surface area (Å²) in [6.07, 6.45) is 1.29. The minimum absolute atomic E-state index is 0.500. The SMILES string of the molecule is NC=NCCNCN. The van der Waals surface area contributed by atoms with E-state index in [4.69, 9.17) is 11.5 Å². The quantitative estimate of drug-likeness (QED) is 0.181. The van der Waals surface area contributed by atoms with E-state index in [1.807, 2.05) is 0 Å². The zero-order valence-electron chi connectivity index (χ0n) is 4.80. The van der Waals surface area contributed by atoms with Gasteiger partial charge in [-0.1, -0.05) is 0 Å². The molecule has 8 heavy (non-hydrogen) atoms. The molecule has 0 spiro atoms. The van der Waals surface area contributed by atoms with Crippen LogP contribution in [-0.4, -0.2) is 26.1 Å². The van der Waals surface area contributed by atoms with E-state index in [-0.39, 0.29) is 0 Å². The van der Waals surface area contributed by atoms with E-state index in [1.54, 1.807) is 0 Å². The summed E-state index contributed by atoms with van der Waals surface area (Å²) in [5.74, 6) is 0. The third kappa shape index (κ3) is 5.39. The van der Waals surface area contributed by atoms with Crippen molar-refractivity contribution >= 4 is 6.34 Å². The molecule has 0 aromatic rings. The van der Waals surface area contributed by atoms with Crippen molar-refractivity contribution in [2.45, 2.75) is 0 Å². The van der Waals surface area contributed by atoms with Crippen molar-refractivity contribution in [2.75, 3.05) is 19.8 Å². The molecule has 0 rings (SSSR count). The van der Waals surface area contributed by atoms with Crippen molar-refractivity contribution in [3.8, 4) is 0 Å². The Balaban J connectivity index is 2.72.